The molecule has 1 heterocycles. The van der Waals surface area contributed by atoms with Crippen molar-refractivity contribution in [3.63, 3.8) is 0 Å². The highest BCUT2D eigenvalue weighted by Crippen LogP contribution is 2.14. The lowest BCUT2D eigenvalue weighted by molar-refractivity contribution is -0.0118. The van der Waals surface area contributed by atoms with Crippen LogP contribution < -0.4 is 0 Å². The molecule has 1 rings (SSSR count). The lowest BCUT2D eigenvalue weighted by atomic mass is 10.0. The van der Waals surface area contributed by atoms with Crippen molar-refractivity contribution < 1.29 is 9.84 Å². The van der Waals surface area contributed by atoms with Crippen LogP contribution >= 0.6 is 0 Å². The van der Waals surface area contributed by atoms with Crippen LogP contribution in [0, 0.1) is 5.92 Å². The summed E-state index contributed by atoms with van der Waals surface area (Å²) >= 11 is 0. The number of ether oxygens (including phenoxy) is 1. The SMILES string of the molecule is CCC(C)C(O)CN(C)CC1CCCCO1. The Morgan fingerprint density at radius 1 is 1.44 bits per heavy atom. The lowest BCUT2D eigenvalue weighted by Crippen LogP contribution is -2.39. The Morgan fingerprint density at radius 2 is 2.19 bits per heavy atom. The van der Waals surface area contributed by atoms with Gasteiger partial charge >= 0.3 is 0 Å². The highest BCUT2D eigenvalue weighted by Gasteiger charge is 2.19. The molecule has 1 N–H and O–H groups in total. The molecular formula is C13H27NO2. The van der Waals surface area contributed by atoms with Crippen molar-refractivity contribution in [3.05, 3.63) is 0 Å². The average Bonchev–Trinajstić information content (AvgIpc) is 2.29. The summed E-state index contributed by atoms with van der Waals surface area (Å²) in [5.74, 6) is 0.384. The Kier molecular flexibility index (Phi) is 6.32. The van der Waals surface area contributed by atoms with Gasteiger partial charge in [0.15, 0.2) is 0 Å². The normalized spacial score (nSPS) is 25.7. The van der Waals surface area contributed by atoms with E-state index < -0.39 is 0 Å². The Hall–Kier alpha value is -0.120. The largest absolute Gasteiger partial charge is 0.392 e. The van der Waals surface area contributed by atoms with Crippen LogP contribution in [0.4, 0.5) is 0 Å². The monoisotopic (exact) mass is 229 g/mol. The number of likely N-dealkylation sites (N-methyl/N-ethyl adjacent to an activating group) is 1. The lowest BCUT2D eigenvalue weighted by Gasteiger charge is -2.29. The minimum absolute atomic E-state index is 0.210. The van der Waals surface area contributed by atoms with Gasteiger partial charge in [-0.05, 0) is 32.2 Å². The fourth-order valence-corrected chi connectivity index (χ4v) is 2.14. The molecule has 1 fully saturated rings. The molecule has 3 atom stereocenters. The van der Waals surface area contributed by atoms with Gasteiger partial charge in [-0.25, -0.2) is 0 Å². The molecule has 0 aromatic carbocycles. The number of rotatable bonds is 6. The van der Waals surface area contributed by atoms with Crippen molar-refractivity contribution in [3.8, 4) is 0 Å². The quantitative estimate of drug-likeness (QED) is 0.755. The predicted octanol–water partition coefficient (Wildman–Crippen LogP) is 1.89. The number of hydrogen-bond donors (Lipinski definition) is 1. The second-order valence-corrected chi connectivity index (χ2v) is 5.16. The average molecular weight is 229 g/mol. The first-order valence-corrected chi connectivity index (χ1v) is 6.61. The number of hydrogen-bond acceptors (Lipinski definition) is 3. The van der Waals surface area contributed by atoms with Crippen molar-refractivity contribution in [1.29, 1.82) is 0 Å². The zero-order chi connectivity index (χ0) is 12.0. The van der Waals surface area contributed by atoms with Crippen LogP contribution in [-0.2, 0) is 4.74 Å². The maximum absolute atomic E-state index is 9.94. The second-order valence-electron chi connectivity index (χ2n) is 5.16. The summed E-state index contributed by atoms with van der Waals surface area (Å²) in [5, 5.41) is 9.94. The fourth-order valence-electron chi connectivity index (χ4n) is 2.14. The minimum atomic E-state index is -0.210. The van der Waals surface area contributed by atoms with E-state index in [1.165, 1.54) is 19.3 Å². The van der Waals surface area contributed by atoms with E-state index in [9.17, 15) is 5.11 Å². The van der Waals surface area contributed by atoms with Crippen LogP contribution in [0.2, 0.25) is 0 Å². The van der Waals surface area contributed by atoms with E-state index >= 15 is 0 Å². The Bertz CT molecular complexity index is 177. The zero-order valence-electron chi connectivity index (χ0n) is 11.0. The van der Waals surface area contributed by atoms with E-state index in [1.807, 2.05) is 0 Å². The van der Waals surface area contributed by atoms with Crippen LogP contribution in [0.5, 0.6) is 0 Å². The van der Waals surface area contributed by atoms with Crippen LogP contribution in [0.15, 0.2) is 0 Å². The van der Waals surface area contributed by atoms with E-state index in [-0.39, 0.29) is 6.10 Å². The van der Waals surface area contributed by atoms with Gasteiger partial charge in [0.1, 0.15) is 0 Å². The number of aliphatic hydroxyl groups excluding tert-OH is 1. The van der Waals surface area contributed by atoms with Gasteiger partial charge in [-0.2, -0.15) is 0 Å². The van der Waals surface area contributed by atoms with Gasteiger partial charge in [-0.3, -0.25) is 0 Å². The molecule has 1 aliphatic rings. The van der Waals surface area contributed by atoms with Gasteiger partial charge in [0.2, 0.25) is 0 Å². The van der Waals surface area contributed by atoms with Crippen molar-refractivity contribution in [2.45, 2.75) is 51.7 Å². The van der Waals surface area contributed by atoms with Crippen molar-refractivity contribution in [2.24, 2.45) is 5.92 Å². The summed E-state index contributed by atoms with van der Waals surface area (Å²) in [6, 6.07) is 0. The molecule has 0 aromatic heterocycles. The standard InChI is InChI=1S/C13H27NO2/c1-4-11(2)13(15)10-14(3)9-12-7-5-6-8-16-12/h11-13,15H,4-10H2,1-3H3. The molecule has 0 amide bonds. The summed E-state index contributed by atoms with van der Waals surface area (Å²) in [7, 11) is 2.07. The van der Waals surface area contributed by atoms with Gasteiger partial charge in [-0.1, -0.05) is 20.3 Å². The Morgan fingerprint density at radius 3 is 2.75 bits per heavy atom. The van der Waals surface area contributed by atoms with E-state index in [0.29, 0.717) is 12.0 Å². The second kappa shape index (κ2) is 7.25. The third-order valence-corrected chi connectivity index (χ3v) is 3.59. The van der Waals surface area contributed by atoms with Crippen LogP contribution in [0.1, 0.15) is 39.5 Å². The smallest absolute Gasteiger partial charge is 0.0701 e. The van der Waals surface area contributed by atoms with Crippen molar-refractivity contribution in [2.75, 3.05) is 26.7 Å². The summed E-state index contributed by atoms with van der Waals surface area (Å²) in [6.45, 7) is 6.85. The van der Waals surface area contributed by atoms with Gasteiger partial charge in [-0.15, -0.1) is 0 Å². The maximum Gasteiger partial charge on any atom is 0.0701 e. The summed E-state index contributed by atoms with van der Waals surface area (Å²) in [4.78, 5) is 2.20. The van der Waals surface area contributed by atoms with Crippen molar-refractivity contribution >= 4 is 0 Å². The minimum Gasteiger partial charge on any atom is -0.392 e. The molecule has 3 heteroatoms. The van der Waals surface area contributed by atoms with Gasteiger partial charge in [0.25, 0.3) is 0 Å². The first-order chi connectivity index (χ1) is 7.63. The van der Waals surface area contributed by atoms with Crippen LogP contribution in [-0.4, -0.2) is 49.0 Å². The molecule has 0 aromatic rings. The molecule has 1 aliphatic heterocycles. The summed E-state index contributed by atoms with van der Waals surface area (Å²) in [6.07, 6.45) is 4.86. The first-order valence-electron chi connectivity index (χ1n) is 6.61. The van der Waals surface area contributed by atoms with Crippen LogP contribution in [0.3, 0.4) is 0 Å². The zero-order valence-corrected chi connectivity index (χ0v) is 11.0. The van der Waals surface area contributed by atoms with E-state index in [4.69, 9.17) is 4.74 Å². The predicted molar refractivity (Wildman–Crippen MR) is 66.5 cm³/mol. The molecule has 0 aliphatic carbocycles. The molecule has 96 valence electrons. The molecule has 16 heavy (non-hydrogen) atoms. The fraction of sp³-hybridized carbons (Fsp3) is 1.00. The third-order valence-electron chi connectivity index (χ3n) is 3.59. The van der Waals surface area contributed by atoms with Crippen LogP contribution in [0.25, 0.3) is 0 Å². The molecule has 0 spiro atoms. The molecular weight excluding hydrogens is 202 g/mol. The highest BCUT2D eigenvalue weighted by atomic mass is 16.5. The number of aliphatic hydroxyl groups is 1. The first kappa shape index (κ1) is 13.9. The molecule has 1 saturated heterocycles. The molecule has 3 nitrogen and oxygen atoms in total. The van der Waals surface area contributed by atoms with Gasteiger partial charge < -0.3 is 14.7 Å². The highest BCUT2D eigenvalue weighted by molar-refractivity contribution is 4.71. The molecule has 3 unspecified atom stereocenters. The van der Waals surface area contributed by atoms with E-state index in [2.05, 4.69) is 25.8 Å². The van der Waals surface area contributed by atoms with Gasteiger partial charge in [0.05, 0.1) is 12.2 Å². The maximum atomic E-state index is 9.94. The Labute approximate surface area is 99.8 Å². The topological polar surface area (TPSA) is 32.7 Å². The van der Waals surface area contributed by atoms with Gasteiger partial charge in [0, 0.05) is 19.7 Å². The molecule has 0 bridgehead atoms. The summed E-state index contributed by atoms with van der Waals surface area (Å²) in [5.41, 5.74) is 0. The Balaban J connectivity index is 2.20. The third kappa shape index (κ3) is 4.81. The van der Waals surface area contributed by atoms with E-state index in [1.54, 1.807) is 0 Å². The molecule has 0 radical (unpaired) electrons. The van der Waals surface area contributed by atoms with Crippen molar-refractivity contribution in [1.82, 2.24) is 4.90 Å². The van der Waals surface area contributed by atoms with E-state index in [0.717, 1.165) is 26.1 Å². The molecule has 0 saturated carbocycles. The number of nitrogens with zero attached hydrogens (tertiary/aromatic N) is 1. The summed E-state index contributed by atoms with van der Waals surface area (Å²) < 4.78 is 5.69.